The summed E-state index contributed by atoms with van der Waals surface area (Å²) in [7, 11) is 0. The Morgan fingerprint density at radius 2 is 1.89 bits per heavy atom. The molecule has 4 heteroatoms. The zero-order valence-corrected chi connectivity index (χ0v) is 11.2. The van der Waals surface area contributed by atoms with Gasteiger partial charge in [-0.05, 0) is 45.3 Å². The summed E-state index contributed by atoms with van der Waals surface area (Å²) in [6, 6.07) is 2.94. The zero-order chi connectivity index (χ0) is 13.8. The lowest BCUT2D eigenvalue weighted by Crippen LogP contribution is -2.29. The van der Waals surface area contributed by atoms with Crippen LogP contribution >= 0.6 is 0 Å². The van der Waals surface area contributed by atoms with Crippen LogP contribution in [0, 0.1) is 18.6 Å². The van der Waals surface area contributed by atoms with E-state index in [-0.39, 0.29) is 11.1 Å². The second kappa shape index (κ2) is 6.25. The Hall–Kier alpha value is -1.00. The van der Waals surface area contributed by atoms with Crippen molar-refractivity contribution in [3.8, 4) is 0 Å². The summed E-state index contributed by atoms with van der Waals surface area (Å²) in [6.45, 7) is 6.46. The Kier molecular flexibility index (Phi) is 5.23. The third kappa shape index (κ3) is 3.50. The van der Waals surface area contributed by atoms with E-state index >= 15 is 0 Å². The molecule has 0 spiro atoms. The Balaban J connectivity index is 2.81. The third-order valence-corrected chi connectivity index (χ3v) is 3.07. The molecule has 0 bridgehead atoms. The van der Waals surface area contributed by atoms with Crippen LogP contribution in [-0.4, -0.2) is 18.2 Å². The van der Waals surface area contributed by atoms with E-state index in [4.69, 9.17) is 0 Å². The van der Waals surface area contributed by atoms with Gasteiger partial charge in [0.1, 0.15) is 0 Å². The van der Waals surface area contributed by atoms with Crippen molar-refractivity contribution in [1.82, 2.24) is 5.32 Å². The lowest BCUT2D eigenvalue weighted by molar-refractivity contribution is 0.0436. The second-order valence-corrected chi connectivity index (χ2v) is 4.83. The first-order chi connectivity index (χ1) is 8.40. The van der Waals surface area contributed by atoms with Gasteiger partial charge in [-0.1, -0.05) is 19.1 Å². The maximum atomic E-state index is 13.8. The van der Waals surface area contributed by atoms with Gasteiger partial charge in [0.25, 0.3) is 0 Å². The molecule has 1 aromatic rings. The number of halogens is 2. The topological polar surface area (TPSA) is 32.3 Å². The molecule has 1 unspecified atom stereocenters. The summed E-state index contributed by atoms with van der Waals surface area (Å²) in [4.78, 5) is 0. The van der Waals surface area contributed by atoms with Gasteiger partial charge in [0, 0.05) is 5.56 Å². The summed E-state index contributed by atoms with van der Waals surface area (Å²) in [5.41, 5.74) is -1.10. The van der Waals surface area contributed by atoms with Crippen molar-refractivity contribution in [3.63, 3.8) is 0 Å². The molecule has 0 radical (unpaired) electrons. The van der Waals surface area contributed by atoms with Crippen molar-refractivity contribution in [2.45, 2.75) is 39.2 Å². The average molecular weight is 257 g/mol. The summed E-state index contributed by atoms with van der Waals surface area (Å²) >= 11 is 0. The number of benzene rings is 1. The van der Waals surface area contributed by atoms with Crippen LogP contribution in [0.4, 0.5) is 8.78 Å². The van der Waals surface area contributed by atoms with Gasteiger partial charge in [-0.25, -0.2) is 8.78 Å². The maximum Gasteiger partial charge on any atom is 0.165 e. The Morgan fingerprint density at radius 3 is 2.50 bits per heavy atom. The second-order valence-electron chi connectivity index (χ2n) is 4.83. The van der Waals surface area contributed by atoms with Gasteiger partial charge in [0.05, 0.1) is 5.60 Å². The summed E-state index contributed by atoms with van der Waals surface area (Å²) in [6.07, 6.45) is 1.34. The highest BCUT2D eigenvalue weighted by Gasteiger charge is 2.28. The lowest BCUT2D eigenvalue weighted by atomic mass is 9.91. The molecule has 1 atom stereocenters. The average Bonchev–Trinajstić information content (AvgIpc) is 2.31. The summed E-state index contributed by atoms with van der Waals surface area (Å²) < 4.78 is 27.2. The van der Waals surface area contributed by atoms with E-state index in [0.29, 0.717) is 13.0 Å². The van der Waals surface area contributed by atoms with Crippen molar-refractivity contribution in [2.75, 3.05) is 13.1 Å². The molecule has 0 fully saturated rings. The molecule has 2 nitrogen and oxygen atoms in total. The molecule has 0 saturated carbocycles. The normalized spacial score (nSPS) is 14.6. The van der Waals surface area contributed by atoms with Crippen molar-refractivity contribution in [2.24, 2.45) is 0 Å². The van der Waals surface area contributed by atoms with Gasteiger partial charge in [-0.15, -0.1) is 0 Å². The van der Waals surface area contributed by atoms with Gasteiger partial charge in [0.15, 0.2) is 11.6 Å². The standard InChI is InChI=1S/C14H21F2NO/c1-4-8-17-9-7-14(3,18)11-6-5-10(2)12(15)13(11)16/h5-6,17-18H,4,7-9H2,1-3H3. The molecule has 1 aromatic carbocycles. The van der Waals surface area contributed by atoms with Crippen LogP contribution in [0.2, 0.25) is 0 Å². The molecular formula is C14H21F2NO. The molecular weight excluding hydrogens is 236 g/mol. The Labute approximate surface area is 107 Å². The quantitative estimate of drug-likeness (QED) is 0.768. The fraction of sp³-hybridized carbons (Fsp3) is 0.571. The number of hydrogen-bond donors (Lipinski definition) is 2. The first kappa shape index (κ1) is 15.1. The first-order valence-corrected chi connectivity index (χ1v) is 6.28. The van der Waals surface area contributed by atoms with E-state index in [1.807, 2.05) is 6.92 Å². The van der Waals surface area contributed by atoms with Gasteiger partial charge >= 0.3 is 0 Å². The smallest absolute Gasteiger partial charge is 0.165 e. The highest BCUT2D eigenvalue weighted by atomic mass is 19.2. The number of hydrogen-bond acceptors (Lipinski definition) is 2. The first-order valence-electron chi connectivity index (χ1n) is 6.28. The van der Waals surface area contributed by atoms with E-state index in [2.05, 4.69) is 5.32 Å². The largest absolute Gasteiger partial charge is 0.385 e. The molecule has 102 valence electrons. The van der Waals surface area contributed by atoms with Gasteiger partial charge in [-0.3, -0.25) is 0 Å². The third-order valence-electron chi connectivity index (χ3n) is 3.07. The van der Waals surface area contributed by atoms with Crippen molar-refractivity contribution >= 4 is 0 Å². The molecule has 0 aliphatic heterocycles. The highest BCUT2D eigenvalue weighted by Crippen LogP contribution is 2.28. The van der Waals surface area contributed by atoms with E-state index in [1.165, 1.54) is 26.0 Å². The van der Waals surface area contributed by atoms with Crippen LogP contribution in [0.15, 0.2) is 12.1 Å². The molecule has 0 amide bonds. The molecule has 18 heavy (non-hydrogen) atoms. The Morgan fingerprint density at radius 1 is 1.22 bits per heavy atom. The fourth-order valence-corrected chi connectivity index (χ4v) is 1.83. The molecule has 2 N–H and O–H groups in total. The van der Waals surface area contributed by atoms with Crippen molar-refractivity contribution < 1.29 is 13.9 Å². The SMILES string of the molecule is CCCNCCC(C)(O)c1ccc(C)c(F)c1F. The lowest BCUT2D eigenvalue weighted by Gasteiger charge is -2.25. The molecule has 0 aliphatic carbocycles. The minimum absolute atomic E-state index is 0.0175. The predicted octanol–water partition coefficient (Wildman–Crippen LogP) is 2.87. The Bertz CT molecular complexity index is 405. The zero-order valence-electron chi connectivity index (χ0n) is 11.2. The van der Waals surface area contributed by atoms with Crippen LogP contribution in [0.25, 0.3) is 0 Å². The van der Waals surface area contributed by atoms with Gasteiger partial charge in [-0.2, -0.15) is 0 Å². The van der Waals surface area contributed by atoms with Crippen LogP contribution in [0.5, 0.6) is 0 Å². The van der Waals surface area contributed by atoms with E-state index in [9.17, 15) is 13.9 Å². The summed E-state index contributed by atoms with van der Waals surface area (Å²) in [5, 5.41) is 13.4. The monoisotopic (exact) mass is 257 g/mol. The summed E-state index contributed by atoms with van der Waals surface area (Å²) in [5.74, 6) is -1.83. The highest BCUT2D eigenvalue weighted by molar-refractivity contribution is 5.29. The minimum atomic E-state index is -1.36. The van der Waals surface area contributed by atoms with Crippen molar-refractivity contribution in [3.05, 3.63) is 34.9 Å². The predicted molar refractivity (Wildman–Crippen MR) is 68.4 cm³/mol. The van der Waals surface area contributed by atoms with Crippen molar-refractivity contribution in [1.29, 1.82) is 0 Å². The fourth-order valence-electron chi connectivity index (χ4n) is 1.83. The van der Waals surface area contributed by atoms with E-state index in [0.717, 1.165) is 13.0 Å². The minimum Gasteiger partial charge on any atom is -0.385 e. The van der Waals surface area contributed by atoms with Crippen LogP contribution < -0.4 is 5.32 Å². The van der Waals surface area contributed by atoms with E-state index in [1.54, 1.807) is 0 Å². The maximum absolute atomic E-state index is 13.8. The molecule has 0 aromatic heterocycles. The molecule has 0 saturated heterocycles. The van der Waals surface area contributed by atoms with Crippen LogP contribution in [0.3, 0.4) is 0 Å². The molecule has 1 rings (SSSR count). The number of nitrogens with one attached hydrogen (secondary N) is 1. The van der Waals surface area contributed by atoms with Crippen LogP contribution in [-0.2, 0) is 5.60 Å². The molecule has 0 aliphatic rings. The number of aliphatic hydroxyl groups is 1. The van der Waals surface area contributed by atoms with Gasteiger partial charge in [0.2, 0.25) is 0 Å². The van der Waals surface area contributed by atoms with E-state index < -0.39 is 17.2 Å². The number of rotatable bonds is 6. The number of aryl methyl sites for hydroxylation is 1. The van der Waals surface area contributed by atoms with Crippen LogP contribution in [0.1, 0.15) is 37.8 Å². The van der Waals surface area contributed by atoms with Gasteiger partial charge < -0.3 is 10.4 Å². The molecule has 0 heterocycles.